The fraction of sp³-hybridized carbons (Fsp3) is 0.214. The molecule has 0 fully saturated rings. The smallest absolute Gasteiger partial charge is 0.261 e. The Morgan fingerprint density at radius 1 is 1.45 bits per heavy atom. The third-order valence-electron chi connectivity index (χ3n) is 3.08. The molecular formula is C14H13N3O2S. The van der Waals surface area contributed by atoms with Crippen molar-refractivity contribution in [3.8, 4) is 0 Å². The van der Waals surface area contributed by atoms with E-state index in [1.54, 1.807) is 23.8 Å². The van der Waals surface area contributed by atoms with Crippen molar-refractivity contribution in [3.63, 3.8) is 0 Å². The van der Waals surface area contributed by atoms with Crippen molar-refractivity contribution < 1.29 is 9.32 Å². The Hall–Kier alpha value is -2.21. The van der Waals surface area contributed by atoms with Crippen LogP contribution in [0.1, 0.15) is 28.7 Å². The number of benzene rings is 1. The lowest BCUT2D eigenvalue weighted by atomic mass is 10.1. The molecule has 1 amide bonds. The number of nitrogens with one attached hydrogen (secondary N) is 1. The van der Waals surface area contributed by atoms with E-state index in [0.29, 0.717) is 23.4 Å². The van der Waals surface area contributed by atoms with E-state index in [0.717, 1.165) is 15.9 Å². The summed E-state index contributed by atoms with van der Waals surface area (Å²) in [5.74, 6) is 0.337. The zero-order valence-corrected chi connectivity index (χ0v) is 12.0. The second-order valence-corrected chi connectivity index (χ2v) is 5.29. The van der Waals surface area contributed by atoms with Gasteiger partial charge in [0.05, 0.1) is 21.4 Å². The number of carbonyl (C=O) groups excluding carboxylic acids is 1. The fourth-order valence-electron chi connectivity index (χ4n) is 2.08. The van der Waals surface area contributed by atoms with Gasteiger partial charge < -0.3 is 9.84 Å². The third kappa shape index (κ3) is 2.18. The number of aromatic nitrogens is 2. The summed E-state index contributed by atoms with van der Waals surface area (Å²) in [6, 6.07) is 5.68. The number of thiazole rings is 1. The van der Waals surface area contributed by atoms with Gasteiger partial charge >= 0.3 is 0 Å². The number of hydrogen-bond donors (Lipinski definition) is 1. The van der Waals surface area contributed by atoms with Gasteiger partial charge in [-0.15, -0.1) is 11.3 Å². The molecular weight excluding hydrogens is 274 g/mol. The quantitative estimate of drug-likeness (QED) is 0.801. The van der Waals surface area contributed by atoms with Crippen LogP contribution in [0.25, 0.3) is 10.2 Å². The molecule has 0 saturated carbocycles. The summed E-state index contributed by atoms with van der Waals surface area (Å²) >= 11 is 1.57. The SMILES string of the molecule is CCc1noc(C)c1C(=O)Nc1ccc2scnc2c1. The zero-order valence-electron chi connectivity index (χ0n) is 11.1. The van der Waals surface area contributed by atoms with Gasteiger partial charge in [0.25, 0.3) is 5.91 Å². The van der Waals surface area contributed by atoms with Crippen molar-refractivity contribution in [2.75, 3.05) is 5.32 Å². The van der Waals surface area contributed by atoms with Gasteiger partial charge in [0.15, 0.2) is 0 Å². The van der Waals surface area contributed by atoms with Gasteiger partial charge in [-0.3, -0.25) is 4.79 Å². The number of amides is 1. The molecule has 0 atom stereocenters. The first-order chi connectivity index (χ1) is 9.69. The minimum Gasteiger partial charge on any atom is -0.361 e. The van der Waals surface area contributed by atoms with Crippen LogP contribution in [-0.4, -0.2) is 16.0 Å². The molecule has 1 aromatic carbocycles. The summed E-state index contributed by atoms with van der Waals surface area (Å²) in [4.78, 5) is 16.6. The Balaban J connectivity index is 1.89. The highest BCUT2D eigenvalue weighted by Crippen LogP contribution is 2.22. The van der Waals surface area contributed by atoms with E-state index in [4.69, 9.17) is 4.52 Å². The lowest BCUT2D eigenvalue weighted by molar-refractivity contribution is 0.102. The molecule has 2 heterocycles. The molecule has 0 aliphatic rings. The molecule has 0 spiro atoms. The molecule has 2 aromatic heterocycles. The Bertz CT molecular complexity index is 776. The first-order valence-corrected chi connectivity index (χ1v) is 7.16. The van der Waals surface area contributed by atoms with Crippen molar-refractivity contribution in [1.29, 1.82) is 0 Å². The fourth-order valence-corrected chi connectivity index (χ4v) is 2.74. The van der Waals surface area contributed by atoms with Crippen molar-refractivity contribution in [1.82, 2.24) is 10.1 Å². The van der Waals surface area contributed by atoms with Crippen molar-refractivity contribution in [3.05, 3.63) is 40.7 Å². The Morgan fingerprint density at radius 3 is 3.10 bits per heavy atom. The molecule has 0 bridgehead atoms. The van der Waals surface area contributed by atoms with Crippen LogP contribution in [0.4, 0.5) is 5.69 Å². The van der Waals surface area contributed by atoms with Crippen molar-refractivity contribution in [2.45, 2.75) is 20.3 Å². The summed E-state index contributed by atoms with van der Waals surface area (Å²) in [6.07, 6.45) is 0.658. The largest absolute Gasteiger partial charge is 0.361 e. The molecule has 6 heteroatoms. The number of rotatable bonds is 3. The van der Waals surface area contributed by atoms with Gasteiger partial charge in [0.2, 0.25) is 0 Å². The van der Waals surface area contributed by atoms with Crippen LogP contribution in [0, 0.1) is 6.92 Å². The number of hydrogen-bond acceptors (Lipinski definition) is 5. The van der Waals surface area contributed by atoms with E-state index in [1.165, 1.54) is 0 Å². The minimum atomic E-state index is -0.199. The minimum absolute atomic E-state index is 0.199. The van der Waals surface area contributed by atoms with E-state index in [1.807, 2.05) is 25.1 Å². The van der Waals surface area contributed by atoms with Crippen LogP contribution in [0.2, 0.25) is 0 Å². The molecule has 3 rings (SSSR count). The predicted octanol–water partition coefficient (Wildman–Crippen LogP) is 3.41. The van der Waals surface area contributed by atoms with Crippen LogP contribution >= 0.6 is 11.3 Å². The summed E-state index contributed by atoms with van der Waals surface area (Å²) in [6.45, 7) is 3.68. The highest BCUT2D eigenvalue weighted by atomic mass is 32.1. The van der Waals surface area contributed by atoms with Crippen LogP contribution in [0.5, 0.6) is 0 Å². The summed E-state index contributed by atoms with van der Waals surface area (Å²) in [7, 11) is 0. The molecule has 0 saturated heterocycles. The molecule has 102 valence electrons. The van der Waals surface area contributed by atoms with Gasteiger partial charge in [0, 0.05) is 5.69 Å². The average molecular weight is 287 g/mol. The van der Waals surface area contributed by atoms with Crippen LogP contribution in [-0.2, 0) is 6.42 Å². The molecule has 0 radical (unpaired) electrons. The van der Waals surface area contributed by atoms with Crippen molar-refractivity contribution in [2.24, 2.45) is 0 Å². The van der Waals surface area contributed by atoms with E-state index < -0.39 is 0 Å². The van der Waals surface area contributed by atoms with Gasteiger partial charge in [0.1, 0.15) is 11.3 Å². The standard InChI is InChI=1S/C14H13N3O2S/c1-3-10-13(8(2)19-17-10)14(18)16-9-4-5-12-11(6-9)15-7-20-12/h4-7H,3H2,1-2H3,(H,16,18). The molecule has 3 aromatic rings. The average Bonchev–Trinajstić information content (AvgIpc) is 3.04. The van der Waals surface area contributed by atoms with Crippen LogP contribution in [0.3, 0.4) is 0 Å². The van der Waals surface area contributed by atoms with Crippen LogP contribution in [0.15, 0.2) is 28.2 Å². The maximum atomic E-state index is 12.3. The van der Waals surface area contributed by atoms with Crippen LogP contribution < -0.4 is 5.32 Å². The zero-order chi connectivity index (χ0) is 14.1. The Morgan fingerprint density at radius 2 is 2.30 bits per heavy atom. The second-order valence-electron chi connectivity index (χ2n) is 4.40. The predicted molar refractivity (Wildman–Crippen MR) is 78.2 cm³/mol. The van der Waals surface area contributed by atoms with Crippen molar-refractivity contribution >= 4 is 33.1 Å². The number of nitrogens with zero attached hydrogens (tertiary/aromatic N) is 2. The summed E-state index contributed by atoms with van der Waals surface area (Å²) in [5.41, 5.74) is 4.58. The van der Waals surface area contributed by atoms with Gasteiger partial charge in [-0.25, -0.2) is 4.98 Å². The summed E-state index contributed by atoms with van der Waals surface area (Å²) in [5, 5.41) is 6.76. The van der Waals surface area contributed by atoms with E-state index >= 15 is 0 Å². The van der Waals surface area contributed by atoms with E-state index in [-0.39, 0.29) is 5.91 Å². The number of aryl methyl sites for hydroxylation is 2. The normalized spacial score (nSPS) is 10.9. The lowest BCUT2D eigenvalue weighted by Gasteiger charge is -2.05. The topological polar surface area (TPSA) is 68.0 Å². The molecule has 5 nitrogen and oxygen atoms in total. The molecule has 0 unspecified atom stereocenters. The first-order valence-electron chi connectivity index (χ1n) is 6.28. The number of carbonyl (C=O) groups is 1. The maximum Gasteiger partial charge on any atom is 0.261 e. The van der Waals surface area contributed by atoms with Gasteiger partial charge in [-0.2, -0.15) is 0 Å². The second kappa shape index (κ2) is 5.05. The van der Waals surface area contributed by atoms with Gasteiger partial charge in [-0.05, 0) is 31.5 Å². The van der Waals surface area contributed by atoms with Gasteiger partial charge in [-0.1, -0.05) is 12.1 Å². The monoisotopic (exact) mass is 287 g/mol. The Labute approximate surface area is 119 Å². The first kappa shape index (κ1) is 12.8. The van der Waals surface area contributed by atoms with E-state index in [9.17, 15) is 4.79 Å². The highest BCUT2D eigenvalue weighted by molar-refractivity contribution is 7.16. The van der Waals surface area contributed by atoms with E-state index in [2.05, 4.69) is 15.5 Å². The molecule has 20 heavy (non-hydrogen) atoms. The Kier molecular flexibility index (Phi) is 3.23. The molecule has 0 aliphatic heterocycles. The maximum absolute atomic E-state index is 12.3. The molecule has 0 aliphatic carbocycles. The number of anilines is 1. The molecule has 1 N–H and O–H groups in total. The number of fused-ring (bicyclic) bond motifs is 1. The third-order valence-corrected chi connectivity index (χ3v) is 3.89. The lowest BCUT2D eigenvalue weighted by Crippen LogP contribution is -2.14. The summed E-state index contributed by atoms with van der Waals surface area (Å²) < 4.78 is 6.18. The highest BCUT2D eigenvalue weighted by Gasteiger charge is 2.19.